The van der Waals surface area contributed by atoms with E-state index in [1.807, 2.05) is 5.38 Å². The molecule has 7 heteroatoms. The smallest absolute Gasteiger partial charge is 0.249 e. The standard InChI is InChI=1S/C20H19N3O3S/c1-25-13-8-14(19(21)24)18(17(9-13)26-2)20-23-16(10-27-20)11-3-4-15-12(7-11)5-6-22-15/h3-4,7-10,22H,5-6H2,1-2H3,(H2,21,24). The van der Waals surface area contributed by atoms with Crippen LogP contribution in [0.5, 0.6) is 11.5 Å². The van der Waals surface area contributed by atoms with E-state index in [2.05, 4.69) is 23.5 Å². The summed E-state index contributed by atoms with van der Waals surface area (Å²) in [5.41, 5.74) is 10.9. The van der Waals surface area contributed by atoms with Crippen LogP contribution >= 0.6 is 11.3 Å². The molecule has 0 fully saturated rings. The Kier molecular flexibility index (Phi) is 4.45. The maximum Gasteiger partial charge on any atom is 0.249 e. The predicted molar refractivity (Wildman–Crippen MR) is 107 cm³/mol. The van der Waals surface area contributed by atoms with Crippen LogP contribution in [-0.2, 0) is 6.42 Å². The highest BCUT2D eigenvalue weighted by atomic mass is 32.1. The fourth-order valence-electron chi connectivity index (χ4n) is 3.27. The van der Waals surface area contributed by atoms with Crippen molar-refractivity contribution in [1.29, 1.82) is 0 Å². The van der Waals surface area contributed by atoms with E-state index in [-0.39, 0.29) is 0 Å². The van der Waals surface area contributed by atoms with Gasteiger partial charge < -0.3 is 20.5 Å². The second-order valence-electron chi connectivity index (χ2n) is 6.20. The van der Waals surface area contributed by atoms with Gasteiger partial charge in [-0.2, -0.15) is 0 Å². The quantitative estimate of drug-likeness (QED) is 0.706. The molecule has 138 valence electrons. The Morgan fingerprint density at radius 2 is 2.07 bits per heavy atom. The normalized spacial score (nSPS) is 12.4. The number of rotatable bonds is 5. The molecule has 0 bridgehead atoms. The number of hydrogen-bond donors (Lipinski definition) is 2. The molecule has 3 aromatic rings. The number of fused-ring (bicyclic) bond motifs is 1. The van der Waals surface area contributed by atoms with E-state index in [9.17, 15) is 4.79 Å². The number of nitrogens with one attached hydrogen (secondary N) is 1. The summed E-state index contributed by atoms with van der Waals surface area (Å²) in [7, 11) is 3.08. The average Bonchev–Trinajstić information content (AvgIpc) is 3.35. The SMILES string of the molecule is COc1cc(OC)c(-c2nc(-c3ccc4c(c3)CCN4)cs2)c(C(N)=O)c1. The maximum absolute atomic E-state index is 12.0. The van der Waals surface area contributed by atoms with Gasteiger partial charge in [0.15, 0.2) is 0 Å². The second kappa shape index (κ2) is 6.92. The van der Waals surface area contributed by atoms with E-state index in [4.69, 9.17) is 20.2 Å². The third-order valence-corrected chi connectivity index (χ3v) is 5.49. The van der Waals surface area contributed by atoms with Crippen molar-refractivity contribution in [2.45, 2.75) is 6.42 Å². The van der Waals surface area contributed by atoms with E-state index in [1.54, 1.807) is 19.2 Å². The summed E-state index contributed by atoms with van der Waals surface area (Å²) in [4.78, 5) is 16.8. The first-order valence-corrected chi connectivity index (χ1v) is 9.37. The van der Waals surface area contributed by atoms with Gasteiger partial charge in [0.05, 0.1) is 31.0 Å². The number of aromatic nitrogens is 1. The van der Waals surface area contributed by atoms with Crippen molar-refractivity contribution in [3.63, 3.8) is 0 Å². The molecule has 0 atom stereocenters. The molecule has 1 amide bonds. The fraction of sp³-hybridized carbons (Fsp3) is 0.200. The highest BCUT2D eigenvalue weighted by Gasteiger charge is 2.21. The number of nitrogens with zero attached hydrogens (tertiary/aromatic N) is 1. The van der Waals surface area contributed by atoms with Crippen molar-refractivity contribution >= 4 is 22.9 Å². The second-order valence-corrected chi connectivity index (χ2v) is 7.06. The monoisotopic (exact) mass is 381 g/mol. The topological polar surface area (TPSA) is 86.5 Å². The first-order valence-electron chi connectivity index (χ1n) is 8.49. The van der Waals surface area contributed by atoms with Gasteiger partial charge in [0, 0.05) is 29.2 Å². The zero-order valence-corrected chi connectivity index (χ0v) is 15.9. The Hall–Kier alpha value is -3.06. The fourth-order valence-corrected chi connectivity index (χ4v) is 4.16. The number of carbonyl (C=O) groups is 1. The number of benzene rings is 2. The van der Waals surface area contributed by atoms with Crippen molar-refractivity contribution in [3.05, 3.63) is 46.8 Å². The Morgan fingerprint density at radius 1 is 1.22 bits per heavy atom. The lowest BCUT2D eigenvalue weighted by Gasteiger charge is -2.12. The Morgan fingerprint density at radius 3 is 2.81 bits per heavy atom. The third kappa shape index (κ3) is 3.10. The molecule has 27 heavy (non-hydrogen) atoms. The lowest BCUT2D eigenvalue weighted by molar-refractivity contribution is 0.1000. The van der Waals surface area contributed by atoms with Crippen LogP contribution < -0.4 is 20.5 Å². The summed E-state index contributed by atoms with van der Waals surface area (Å²) < 4.78 is 10.7. The van der Waals surface area contributed by atoms with Crippen LogP contribution in [0.1, 0.15) is 15.9 Å². The molecular weight excluding hydrogens is 362 g/mol. The van der Waals surface area contributed by atoms with Gasteiger partial charge >= 0.3 is 0 Å². The van der Waals surface area contributed by atoms with Crippen LogP contribution in [0.2, 0.25) is 0 Å². The van der Waals surface area contributed by atoms with E-state index < -0.39 is 5.91 Å². The average molecular weight is 381 g/mol. The van der Waals surface area contributed by atoms with Gasteiger partial charge in [-0.3, -0.25) is 4.79 Å². The van der Waals surface area contributed by atoms with Gasteiger partial charge in [-0.25, -0.2) is 4.98 Å². The van der Waals surface area contributed by atoms with Gasteiger partial charge in [-0.1, -0.05) is 6.07 Å². The summed E-state index contributed by atoms with van der Waals surface area (Å²) in [5.74, 6) is 0.456. The molecule has 0 unspecified atom stereocenters. The first kappa shape index (κ1) is 17.4. The number of carbonyl (C=O) groups excluding carboxylic acids is 1. The Labute approximate surface area is 161 Å². The molecule has 3 N–H and O–H groups in total. The van der Waals surface area contributed by atoms with Crippen molar-refractivity contribution in [1.82, 2.24) is 4.98 Å². The molecule has 0 spiro atoms. The van der Waals surface area contributed by atoms with Crippen LogP contribution in [0.15, 0.2) is 35.7 Å². The molecule has 2 heterocycles. The van der Waals surface area contributed by atoms with Crippen LogP contribution in [0.25, 0.3) is 21.8 Å². The molecule has 6 nitrogen and oxygen atoms in total. The van der Waals surface area contributed by atoms with Crippen LogP contribution in [0.4, 0.5) is 5.69 Å². The molecule has 1 aliphatic heterocycles. The summed E-state index contributed by atoms with van der Waals surface area (Å²) in [5, 5.41) is 6.02. The first-order chi connectivity index (χ1) is 13.1. The molecule has 0 saturated heterocycles. The molecular formula is C20H19N3O3S. The van der Waals surface area contributed by atoms with Gasteiger partial charge in [0.1, 0.15) is 16.5 Å². The van der Waals surface area contributed by atoms with E-state index in [0.29, 0.717) is 27.6 Å². The van der Waals surface area contributed by atoms with Gasteiger partial charge in [-0.05, 0) is 30.2 Å². The van der Waals surface area contributed by atoms with Gasteiger partial charge in [0.2, 0.25) is 5.91 Å². The van der Waals surface area contributed by atoms with Crippen molar-refractivity contribution in [2.75, 3.05) is 26.1 Å². The molecule has 1 aromatic heterocycles. The third-order valence-electron chi connectivity index (χ3n) is 4.63. The molecule has 2 aromatic carbocycles. The van der Waals surface area contributed by atoms with Crippen LogP contribution in [0, 0.1) is 0 Å². The molecule has 0 radical (unpaired) electrons. The molecule has 4 rings (SSSR count). The van der Waals surface area contributed by atoms with E-state index in [1.165, 1.54) is 29.7 Å². The Bertz CT molecular complexity index is 1030. The number of hydrogen-bond acceptors (Lipinski definition) is 6. The molecule has 0 saturated carbocycles. The lowest BCUT2D eigenvalue weighted by Crippen LogP contribution is -2.13. The number of amides is 1. The van der Waals surface area contributed by atoms with Crippen molar-refractivity contribution < 1.29 is 14.3 Å². The number of methoxy groups -OCH3 is 2. The van der Waals surface area contributed by atoms with Crippen molar-refractivity contribution in [3.8, 4) is 33.3 Å². The number of nitrogens with two attached hydrogens (primary N) is 1. The molecule has 0 aliphatic carbocycles. The number of thiazole rings is 1. The zero-order valence-electron chi connectivity index (χ0n) is 15.0. The van der Waals surface area contributed by atoms with Gasteiger partial charge in [0.25, 0.3) is 0 Å². The highest BCUT2D eigenvalue weighted by molar-refractivity contribution is 7.13. The Balaban J connectivity index is 1.80. The zero-order chi connectivity index (χ0) is 19.0. The van der Waals surface area contributed by atoms with E-state index in [0.717, 1.165) is 24.2 Å². The van der Waals surface area contributed by atoms with Crippen molar-refractivity contribution in [2.24, 2.45) is 5.73 Å². The summed E-state index contributed by atoms with van der Waals surface area (Å²) in [6, 6.07) is 9.64. The highest BCUT2D eigenvalue weighted by Crippen LogP contribution is 2.40. The minimum absolute atomic E-state index is 0.324. The predicted octanol–water partition coefficient (Wildman–Crippen LogP) is 3.56. The molecule has 1 aliphatic rings. The largest absolute Gasteiger partial charge is 0.497 e. The maximum atomic E-state index is 12.0. The van der Waals surface area contributed by atoms with Crippen LogP contribution in [-0.4, -0.2) is 31.7 Å². The summed E-state index contributed by atoms with van der Waals surface area (Å²) in [6.07, 6.45) is 1.01. The lowest BCUT2D eigenvalue weighted by atomic mass is 10.0. The summed E-state index contributed by atoms with van der Waals surface area (Å²) in [6.45, 7) is 0.964. The number of primary amides is 1. The van der Waals surface area contributed by atoms with Gasteiger partial charge in [-0.15, -0.1) is 11.3 Å². The summed E-state index contributed by atoms with van der Waals surface area (Å²) >= 11 is 1.45. The minimum Gasteiger partial charge on any atom is -0.497 e. The van der Waals surface area contributed by atoms with Crippen LogP contribution in [0.3, 0.4) is 0 Å². The minimum atomic E-state index is -0.553. The number of anilines is 1. The van der Waals surface area contributed by atoms with E-state index >= 15 is 0 Å². The number of ether oxygens (including phenoxy) is 2.